The van der Waals surface area contributed by atoms with Crippen LogP contribution in [0.25, 0.3) is 0 Å². The molecule has 1 N–H and O–H groups in total. The van der Waals surface area contributed by atoms with Gasteiger partial charge in [-0.3, -0.25) is 0 Å². The van der Waals surface area contributed by atoms with E-state index in [1.807, 2.05) is 12.1 Å². The zero-order valence-electron chi connectivity index (χ0n) is 8.62. The molecule has 1 rings (SSSR count). The molecule has 0 radical (unpaired) electrons. The SMILES string of the molecule is C#CCCCCNCc1ccc(C#N)o1. The molecule has 0 aliphatic rings. The van der Waals surface area contributed by atoms with Crippen LogP contribution in [0.3, 0.4) is 0 Å². The van der Waals surface area contributed by atoms with Crippen molar-refractivity contribution in [3.63, 3.8) is 0 Å². The van der Waals surface area contributed by atoms with E-state index >= 15 is 0 Å². The maximum absolute atomic E-state index is 8.54. The van der Waals surface area contributed by atoms with Crippen LogP contribution in [0.1, 0.15) is 30.8 Å². The monoisotopic (exact) mass is 202 g/mol. The Morgan fingerprint density at radius 2 is 2.27 bits per heavy atom. The first-order chi connectivity index (χ1) is 7.36. The number of nitriles is 1. The molecular formula is C12H14N2O. The molecule has 0 unspecified atom stereocenters. The van der Waals surface area contributed by atoms with Gasteiger partial charge in [0.15, 0.2) is 0 Å². The lowest BCUT2D eigenvalue weighted by Gasteiger charge is -2.00. The maximum atomic E-state index is 8.54. The van der Waals surface area contributed by atoms with E-state index in [1.165, 1.54) is 0 Å². The molecule has 15 heavy (non-hydrogen) atoms. The van der Waals surface area contributed by atoms with Crippen molar-refractivity contribution in [2.24, 2.45) is 0 Å². The van der Waals surface area contributed by atoms with Crippen LogP contribution in [-0.2, 0) is 6.54 Å². The van der Waals surface area contributed by atoms with Gasteiger partial charge < -0.3 is 9.73 Å². The molecule has 1 aromatic heterocycles. The van der Waals surface area contributed by atoms with Gasteiger partial charge in [0.25, 0.3) is 0 Å². The highest BCUT2D eigenvalue weighted by atomic mass is 16.3. The molecule has 0 saturated carbocycles. The lowest BCUT2D eigenvalue weighted by Crippen LogP contribution is -2.13. The van der Waals surface area contributed by atoms with Crippen LogP contribution in [0.15, 0.2) is 16.5 Å². The minimum atomic E-state index is 0.360. The van der Waals surface area contributed by atoms with E-state index in [-0.39, 0.29) is 0 Å². The molecule has 0 saturated heterocycles. The number of nitrogens with zero attached hydrogens (tertiary/aromatic N) is 1. The predicted molar refractivity (Wildman–Crippen MR) is 57.8 cm³/mol. The van der Waals surface area contributed by atoms with Gasteiger partial charge in [0.05, 0.1) is 6.54 Å². The van der Waals surface area contributed by atoms with E-state index in [9.17, 15) is 0 Å². The van der Waals surface area contributed by atoms with Crippen LogP contribution in [0, 0.1) is 23.7 Å². The average Bonchev–Trinajstić information content (AvgIpc) is 2.71. The third kappa shape index (κ3) is 4.35. The number of terminal acetylenes is 1. The highest BCUT2D eigenvalue weighted by Gasteiger charge is 1.99. The molecule has 0 aromatic carbocycles. The highest BCUT2D eigenvalue weighted by molar-refractivity contribution is 5.18. The van der Waals surface area contributed by atoms with E-state index < -0.39 is 0 Å². The van der Waals surface area contributed by atoms with Crippen LogP contribution in [0.4, 0.5) is 0 Å². The van der Waals surface area contributed by atoms with Crippen molar-refractivity contribution in [3.8, 4) is 18.4 Å². The van der Waals surface area contributed by atoms with Crippen molar-refractivity contribution in [2.45, 2.75) is 25.8 Å². The molecule has 78 valence electrons. The van der Waals surface area contributed by atoms with Gasteiger partial charge in [-0.2, -0.15) is 5.26 Å². The fourth-order valence-electron chi connectivity index (χ4n) is 1.22. The smallest absolute Gasteiger partial charge is 0.203 e. The van der Waals surface area contributed by atoms with Gasteiger partial charge in [-0.05, 0) is 31.5 Å². The van der Waals surface area contributed by atoms with E-state index in [0.29, 0.717) is 12.3 Å². The Morgan fingerprint density at radius 3 is 2.93 bits per heavy atom. The zero-order valence-corrected chi connectivity index (χ0v) is 8.62. The summed E-state index contributed by atoms with van der Waals surface area (Å²) in [5.74, 6) is 3.76. The summed E-state index contributed by atoms with van der Waals surface area (Å²) in [5.41, 5.74) is 0. The van der Waals surface area contributed by atoms with Crippen molar-refractivity contribution >= 4 is 0 Å². The van der Waals surface area contributed by atoms with Crippen molar-refractivity contribution in [1.29, 1.82) is 5.26 Å². The van der Waals surface area contributed by atoms with Gasteiger partial charge >= 0.3 is 0 Å². The first-order valence-corrected chi connectivity index (χ1v) is 5.00. The second-order valence-electron chi connectivity index (χ2n) is 3.22. The van der Waals surface area contributed by atoms with Crippen LogP contribution >= 0.6 is 0 Å². The topological polar surface area (TPSA) is 49.0 Å². The summed E-state index contributed by atoms with van der Waals surface area (Å²) in [6.45, 7) is 1.59. The molecule has 0 aliphatic carbocycles. The Labute approximate surface area is 90.1 Å². The lowest BCUT2D eigenvalue weighted by atomic mass is 10.2. The first-order valence-electron chi connectivity index (χ1n) is 5.00. The quantitative estimate of drug-likeness (QED) is 0.567. The van der Waals surface area contributed by atoms with Gasteiger partial charge in [-0.15, -0.1) is 12.3 Å². The number of rotatable bonds is 6. The number of nitrogens with one attached hydrogen (secondary N) is 1. The van der Waals surface area contributed by atoms with Gasteiger partial charge in [0.1, 0.15) is 11.8 Å². The van der Waals surface area contributed by atoms with Crippen molar-refractivity contribution in [2.75, 3.05) is 6.54 Å². The van der Waals surface area contributed by atoms with Crippen LogP contribution < -0.4 is 5.32 Å². The van der Waals surface area contributed by atoms with Gasteiger partial charge in [0, 0.05) is 6.42 Å². The number of hydrogen-bond acceptors (Lipinski definition) is 3. The molecule has 0 amide bonds. The molecule has 0 aliphatic heterocycles. The molecule has 0 atom stereocenters. The van der Waals surface area contributed by atoms with Crippen LogP contribution in [0.2, 0.25) is 0 Å². The van der Waals surface area contributed by atoms with E-state index in [2.05, 4.69) is 11.2 Å². The predicted octanol–water partition coefficient (Wildman–Crippen LogP) is 2.04. The molecular weight excluding hydrogens is 188 g/mol. The Bertz CT molecular complexity index is 368. The fourth-order valence-corrected chi connectivity index (χ4v) is 1.22. The Morgan fingerprint density at radius 1 is 1.40 bits per heavy atom. The van der Waals surface area contributed by atoms with Gasteiger partial charge in [-0.25, -0.2) is 0 Å². The molecule has 0 spiro atoms. The molecule has 3 heteroatoms. The minimum Gasteiger partial charge on any atom is -0.449 e. The molecule has 1 heterocycles. The largest absolute Gasteiger partial charge is 0.449 e. The fraction of sp³-hybridized carbons (Fsp3) is 0.417. The van der Waals surface area contributed by atoms with Crippen LogP contribution in [-0.4, -0.2) is 6.54 Å². The summed E-state index contributed by atoms with van der Waals surface area (Å²) in [7, 11) is 0. The molecule has 0 fully saturated rings. The van der Waals surface area contributed by atoms with Crippen molar-refractivity contribution in [3.05, 3.63) is 23.7 Å². The average molecular weight is 202 g/mol. The van der Waals surface area contributed by atoms with E-state index in [4.69, 9.17) is 16.1 Å². The third-order valence-electron chi connectivity index (χ3n) is 2.00. The summed E-state index contributed by atoms with van der Waals surface area (Å²) < 4.78 is 5.20. The summed E-state index contributed by atoms with van der Waals surface area (Å²) in [5, 5.41) is 11.8. The maximum Gasteiger partial charge on any atom is 0.203 e. The number of furan rings is 1. The molecule has 0 bridgehead atoms. The van der Waals surface area contributed by atoms with Gasteiger partial charge in [-0.1, -0.05) is 0 Å². The van der Waals surface area contributed by atoms with Crippen LogP contribution in [0.5, 0.6) is 0 Å². The second-order valence-corrected chi connectivity index (χ2v) is 3.22. The minimum absolute atomic E-state index is 0.360. The van der Waals surface area contributed by atoms with Gasteiger partial charge in [0.2, 0.25) is 5.76 Å². The summed E-state index contributed by atoms with van der Waals surface area (Å²) in [4.78, 5) is 0. The first kappa shape index (κ1) is 11.4. The zero-order chi connectivity index (χ0) is 10.9. The van der Waals surface area contributed by atoms with E-state index in [0.717, 1.165) is 31.6 Å². The Hall–Kier alpha value is -1.71. The number of hydrogen-bond donors (Lipinski definition) is 1. The second kappa shape index (κ2) is 6.70. The van der Waals surface area contributed by atoms with E-state index in [1.54, 1.807) is 6.07 Å². The standard InChI is InChI=1S/C12H14N2O/c1-2-3-4-5-8-14-10-12-7-6-11(9-13)15-12/h1,6-7,14H,3-5,8,10H2. The van der Waals surface area contributed by atoms with Crippen molar-refractivity contribution in [1.82, 2.24) is 5.32 Å². The third-order valence-corrected chi connectivity index (χ3v) is 2.00. The Balaban J connectivity index is 2.11. The summed E-state index contributed by atoms with van der Waals surface area (Å²) in [6, 6.07) is 5.44. The summed E-state index contributed by atoms with van der Waals surface area (Å²) >= 11 is 0. The Kier molecular flexibility index (Phi) is 5.08. The normalized spacial score (nSPS) is 9.47. The molecule has 3 nitrogen and oxygen atoms in total. The van der Waals surface area contributed by atoms with Crippen molar-refractivity contribution < 1.29 is 4.42 Å². The number of unbranched alkanes of at least 4 members (excludes halogenated alkanes) is 2. The highest BCUT2D eigenvalue weighted by Crippen LogP contribution is 2.05. The molecule has 1 aromatic rings. The summed E-state index contributed by atoms with van der Waals surface area (Å²) in [6.07, 6.45) is 8.08. The lowest BCUT2D eigenvalue weighted by molar-refractivity contribution is 0.471.